The third-order valence-corrected chi connectivity index (χ3v) is 6.08. The van der Waals surface area contributed by atoms with Crippen molar-refractivity contribution in [3.63, 3.8) is 0 Å². The van der Waals surface area contributed by atoms with Gasteiger partial charge in [-0.15, -0.1) is 0 Å². The number of hydrogen-bond acceptors (Lipinski definition) is 3. The topological polar surface area (TPSA) is 75.3 Å². The normalized spacial score (nSPS) is 15.1. The van der Waals surface area contributed by atoms with Crippen LogP contribution in [0.3, 0.4) is 0 Å². The van der Waals surface area contributed by atoms with Crippen molar-refractivity contribution in [2.45, 2.75) is 50.1 Å². The van der Waals surface area contributed by atoms with Crippen LogP contribution in [0.4, 0.5) is 0 Å². The fraction of sp³-hybridized carbons (Fsp3) is 0.350. The van der Waals surface area contributed by atoms with Gasteiger partial charge in [0.25, 0.3) is 5.91 Å². The molecule has 1 amide bonds. The van der Waals surface area contributed by atoms with E-state index in [1.165, 1.54) is 12.1 Å². The molecular weight excluding hydrogens is 348 g/mol. The molecule has 1 fully saturated rings. The summed E-state index contributed by atoms with van der Waals surface area (Å²) in [6.45, 7) is 2.19. The zero-order valence-electron chi connectivity index (χ0n) is 14.9. The number of hydrogen-bond donors (Lipinski definition) is 2. The van der Waals surface area contributed by atoms with Gasteiger partial charge in [-0.3, -0.25) is 4.79 Å². The van der Waals surface area contributed by atoms with Crippen molar-refractivity contribution in [2.75, 3.05) is 0 Å². The van der Waals surface area contributed by atoms with Crippen LogP contribution in [0, 0.1) is 6.92 Å². The second-order valence-corrected chi connectivity index (χ2v) is 8.56. The Morgan fingerprint density at radius 3 is 2.46 bits per heavy atom. The summed E-state index contributed by atoms with van der Waals surface area (Å²) < 4.78 is 27.7. The number of benzene rings is 2. The first-order valence-corrected chi connectivity index (χ1v) is 10.4. The lowest BCUT2D eigenvalue weighted by Crippen LogP contribution is -2.32. The third kappa shape index (κ3) is 4.71. The van der Waals surface area contributed by atoms with Gasteiger partial charge in [-0.2, -0.15) is 0 Å². The Morgan fingerprint density at radius 1 is 1.08 bits per heavy atom. The SMILES string of the molecule is Cc1ccc(CNS(=O)(=O)c2cccc(C(=O)NC3CCCC3)c2)cc1. The van der Waals surface area contributed by atoms with Gasteiger partial charge in [0.05, 0.1) is 4.90 Å². The van der Waals surface area contributed by atoms with Crippen molar-refractivity contribution in [3.8, 4) is 0 Å². The molecule has 2 aromatic rings. The summed E-state index contributed by atoms with van der Waals surface area (Å²) in [4.78, 5) is 12.5. The number of aryl methyl sites for hydroxylation is 1. The fourth-order valence-corrected chi connectivity index (χ4v) is 4.17. The van der Waals surface area contributed by atoms with Crippen molar-refractivity contribution in [3.05, 3.63) is 65.2 Å². The highest BCUT2D eigenvalue weighted by Gasteiger charge is 2.20. The zero-order chi connectivity index (χ0) is 18.6. The Balaban J connectivity index is 1.69. The Kier molecular flexibility index (Phi) is 5.74. The predicted molar refractivity (Wildman–Crippen MR) is 101 cm³/mol. The van der Waals surface area contributed by atoms with E-state index in [4.69, 9.17) is 0 Å². The van der Waals surface area contributed by atoms with E-state index < -0.39 is 10.0 Å². The fourth-order valence-electron chi connectivity index (χ4n) is 3.11. The maximum absolute atomic E-state index is 12.5. The first-order valence-electron chi connectivity index (χ1n) is 8.90. The summed E-state index contributed by atoms with van der Waals surface area (Å²) in [5.41, 5.74) is 2.38. The highest BCUT2D eigenvalue weighted by molar-refractivity contribution is 7.89. The summed E-state index contributed by atoms with van der Waals surface area (Å²) in [5, 5.41) is 2.98. The molecule has 6 heteroatoms. The molecule has 2 N–H and O–H groups in total. The van der Waals surface area contributed by atoms with E-state index >= 15 is 0 Å². The molecule has 0 spiro atoms. The van der Waals surface area contributed by atoms with Gasteiger partial charge in [-0.25, -0.2) is 13.1 Å². The molecule has 0 aliphatic heterocycles. The number of rotatable bonds is 6. The van der Waals surface area contributed by atoms with E-state index in [-0.39, 0.29) is 23.4 Å². The summed E-state index contributed by atoms with van der Waals surface area (Å²) in [5.74, 6) is -0.215. The molecule has 1 aliphatic rings. The molecule has 1 aliphatic carbocycles. The Labute approximate surface area is 154 Å². The third-order valence-electron chi connectivity index (χ3n) is 4.68. The van der Waals surface area contributed by atoms with Gasteiger partial charge in [0.1, 0.15) is 0 Å². The summed E-state index contributed by atoms with van der Waals surface area (Å²) >= 11 is 0. The van der Waals surface area contributed by atoms with E-state index in [0.717, 1.165) is 36.8 Å². The van der Waals surface area contributed by atoms with E-state index in [1.54, 1.807) is 12.1 Å². The van der Waals surface area contributed by atoms with Crippen LogP contribution in [-0.4, -0.2) is 20.4 Å². The monoisotopic (exact) mass is 372 g/mol. The number of sulfonamides is 1. The number of carbonyl (C=O) groups excluding carboxylic acids is 1. The second-order valence-electron chi connectivity index (χ2n) is 6.79. The van der Waals surface area contributed by atoms with Crippen LogP contribution >= 0.6 is 0 Å². The van der Waals surface area contributed by atoms with Gasteiger partial charge >= 0.3 is 0 Å². The molecule has 0 unspecified atom stereocenters. The van der Waals surface area contributed by atoms with Crippen molar-refractivity contribution in [1.82, 2.24) is 10.0 Å². The molecule has 26 heavy (non-hydrogen) atoms. The molecule has 138 valence electrons. The quantitative estimate of drug-likeness (QED) is 0.818. The maximum Gasteiger partial charge on any atom is 0.251 e. The summed E-state index contributed by atoms with van der Waals surface area (Å²) in [6.07, 6.45) is 4.23. The van der Waals surface area contributed by atoms with Gasteiger partial charge in [-0.05, 0) is 43.5 Å². The number of nitrogens with one attached hydrogen (secondary N) is 2. The van der Waals surface area contributed by atoms with Crippen LogP contribution in [-0.2, 0) is 16.6 Å². The van der Waals surface area contributed by atoms with Gasteiger partial charge < -0.3 is 5.32 Å². The minimum Gasteiger partial charge on any atom is -0.349 e. The van der Waals surface area contributed by atoms with Crippen LogP contribution in [0.2, 0.25) is 0 Å². The lowest BCUT2D eigenvalue weighted by Gasteiger charge is -2.13. The lowest BCUT2D eigenvalue weighted by molar-refractivity contribution is 0.0937. The second kappa shape index (κ2) is 8.01. The number of carbonyl (C=O) groups is 1. The van der Waals surface area contributed by atoms with Gasteiger partial charge in [0, 0.05) is 18.2 Å². The molecular formula is C20H24N2O3S. The molecule has 1 saturated carbocycles. The first kappa shape index (κ1) is 18.6. The minimum atomic E-state index is -3.68. The molecule has 0 saturated heterocycles. The Hall–Kier alpha value is -2.18. The van der Waals surface area contributed by atoms with Crippen molar-refractivity contribution in [1.29, 1.82) is 0 Å². The van der Waals surface area contributed by atoms with Crippen molar-refractivity contribution >= 4 is 15.9 Å². The van der Waals surface area contributed by atoms with E-state index in [9.17, 15) is 13.2 Å². The van der Waals surface area contributed by atoms with Crippen LogP contribution in [0.1, 0.15) is 47.2 Å². The van der Waals surface area contributed by atoms with E-state index in [2.05, 4.69) is 10.0 Å². The largest absolute Gasteiger partial charge is 0.349 e. The predicted octanol–water partition coefficient (Wildman–Crippen LogP) is 3.15. The molecule has 5 nitrogen and oxygen atoms in total. The molecule has 0 radical (unpaired) electrons. The summed E-state index contributed by atoms with van der Waals surface area (Å²) in [6, 6.07) is 14.0. The van der Waals surface area contributed by atoms with Crippen LogP contribution in [0.25, 0.3) is 0 Å². The van der Waals surface area contributed by atoms with Crippen LogP contribution in [0.5, 0.6) is 0 Å². The van der Waals surface area contributed by atoms with Crippen LogP contribution in [0.15, 0.2) is 53.4 Å². The average Bonchev–Trinajstić information content (AvgIpc) is 3.14. The minimum absolute atomic E-state index is 0.101. The van der Waals surface area contributed by atoms with Crippen molar-refractivity contribution < 1.29 is 13.2 Å². The van der Waals surface area contributed by atoms with E-state index in [1.807, 2.05) is 31.2 Å². The lowest BCUT2D eigenvalue weighted by atomic mass is 10.2. The molecule has 2 aromatic carbocycles. The van der Waals surface area contributed by atoms with Gasteiger partial charge in [0.15, 0.2) is 0 Å². The van der Waals surface area contributed by atoms with Crippen molar-refractivity contribution in [2.24, 2.45) is 0 Å². The molecule has 0 heterocycles. The molecule has 0 aromatic heterocycles. The molecule has 3 rings (SSSR count). The Bertz CT molecular complexity index is 870. The maximum atomic E-state index is 12.5. The molecule has 0 bridgehead atoms. The highest BCUT2D eigenvalue weighted by Crippen LogP contribution is 2.19. The zero-order valence-corrected chi connectivity index (χ0v) is 15.7. The Morgan fingerprint density at radius 2 is 1.77 bits per heavy atom. The molecule has 0 atom stereocenters. The highest BCUT2D eigenvalue weighted by atomic mass is 32.2. The van der Waals surface area contributed by atoms with Gasteiger partial charge in [-0.1, -0.05) is 48.7 Å². The van der Waals surface area contributed by atoms with E-state index in [0.29, 0.717) is 5.56 Å². The van der Waals surface area contributed by atoms with Crippen LogP contribution < -0.4 is 10.0 Å². The first-order chi connectivity index (χ1) is 12.4. The standard InChI is InChI=1S/C20H24N2O3S/c1-15-9-11-16(12-10-15)14-21-26(24,25)19-8-4-5-17(13-19)20(23)22-18-6-2-3-7-18/h4-5,8-13,18,21H,2-3,6-7,14H2,1H3,(H,22,23). The number of amides is 1. The average molecular weight is 372 g/mol. The van der Waals surface area contributed by atoms with Gasteiger partial charge in [0.2, 0.25) is 10.0 Å². The smallest absolute Gasteiger partial charge is 0.251 e. The summed E-state index contributed by atoms with van der Waals surface area (Å²) in [7, 11) is -3.68.